The van der Waals surface area contributed by atoms with Crippen LogP contribution in [0.1, 0.15) is 24.1 Å². The molecule has 236 valence electrons. The first-order valence-electron chi connectivity index (χ1n) is 14.4. The Morgan fingerprint density at radius 2 is 1.73 bits per heavy atom. The molecule has 0 bridgehead atoms. The molecule has 2 aromatic carbocycles. The van der Waals surface area contributed by atoms with Crippen LogP contribution in [0.4, 0.5) is 26.2 Å². The molecule has 2 amide bonds. The Hall–Kier alpha value is -4.75. The van der Waals surface area contributed by atoms with Gasteiger partial charge in [-0.05, 0) is 73.9 Å². The highest BCUT2D eigenvalue weighted by molar-refractivity contribution is 7.92. The fraction of sp³-hybridized carbons (Fsp3) is 0.281. The Balaban J connectivity index is 1.20. The first-order chi connectivity index (χ1) is 21.6. The van der Waals surface area contributed by atoms with E-state index in [0.29, 0.717) is 54.0 Å². The van der Waals surface area contributed by atoms with Gasteiger partial charge in [0.1, 0.15) is 11.6 Å². The van der Waals surface area contributed by atoms with E-state index in [1.165, 1.54) is 25.4 Å². The van der Waals surface area contributed by atoms with Gasteiger partial charge >= 0.3 is 6.03 Å². The number of pyridine rings is 2. The van der Waals surface area contributed by atoms with E-state index >= 15 is 0 Å². The van der Waals surface area contributed by atoms with Crippen molar-refractivity contribution in [2.24, 2.45) is 0 Å². The van der Waals surface area contributed by atoms with Crippen molar-refractivity contribution in [3.63, 3.8) is 0 Å². The van der Waals surface area contributed by atoms with Crippen molar-refractivity contribution in [2.45, 2.75) is 32.4 Å². The maximum absolute atomic E-state index is 14.2. The van der Waals surface area contributed by atoms with Crippen molar-refractivity contribution in [1.82, 2.24) is 14.9 Å². The van der Waals surface area contributed by atoms with Crippen molar-refractivity contribution in [2.75, 3.05) is 41.4 Å². The minimum absolute atomic E-state index is 0.136. The molecule has 3 heterocycles. The van der Waals surface area contributed by atoms with Gasteiger partial charge in [-0.1, -0.05) is 12.1 Å². The van der Waals surface area contributed by atoms with Crippen LogP contribution in [0, 0.1) is 12.7 Å². The molecule has 11 nitrogen and oxygen atoms in total. The number of rotatable bonds is 10. The van der Waals surface area contributed by atoms with E-state index in [-0.39, 0.29) is 12.1 Å². The van der Waals surface area contributed by atoms with E-state index in [9.17, 15) is 17.6 Å². The highest BCUT2D eigenvalue weighted by Crippen LogP contribution is 2.28. The molecule has 0 saturated carbocycles. The number of halogens is 1. The second-order valence-corrected chi connectivity index (χ2v) is 12.5. The maximum atomic E-state index is 14.2. The van der Waals surface area contributed by atoms with E-state index in [2.05, 4.69) is 24.9 Å². The van der Waals surface area contributed by atoms with Crippen molar-refractivity contribution in [1.29, 1.82) is 0 Å². The Labute approximate surface area is 262 Å². The monoisotopic (exact) mass is 634 g/mol. The van der Waals surface area contributed by atoms with Crippen LogP contribution in [-0.4, -0.2) is 61.8 Å². The van der Waals surface area contributed by atoms with Gasteiger partial charge in [0.05, 0.1) is 25.2 Å². The lowest BCUT2D eigenvalue weighted by Gasteiger charge is -2.38. The minimum Gasteiger partial charge on any atom is -0.481 e. The summed E-state index contributed by atoms with van der Waals surface area (Å²) in [7, 11) is -1.84. The molecule has 1 aliphatic heterocycles. The van der Waals surface area contributed by atoms with E-state index in [4.69, 9.17) is 9.47 Å². The van der Waals surface area contributed by atoms with E-state index in [1.54, 1.807) is 53.4 Å². The average molecular weight is 635 g/mol. The number of aryl methyl sites for hydroxylation is 1. The predicted molar refractivity (Wildman–Crippen MR) is 171 cm³/mol. The van der Waals surface area contributed by atoms with Crippen LogP contribution in [0.15, 0.2) is 79.0 Å². The number of piperidine rings is 1. The summed E-state index contributed by atoms with van der Waals surface area (Å²) in [5.41, 5.74) is 3.33. The molecular weight excluding hydrogens is 599 g/mol. The van der Waals surface area contributed by atoms with Crippen molar-refractivity contribution >= 4 is 33.1 Å². The van der Waals surface area contributed by atoms with Gasteiger partial charge in [0.2, 0.25) is 21.8 Å². The number of benzene rings is 2. The summed E-state index contributed by atoms with van der Waals surface area (Å²) in [5, 5.41) is 2.89. The molecular formula is C32H35FN6O5S. The zero-order chi connectivity index (χ0) is 32.0. The zero-order valence-corrected chi connectivity index (χ0v) is 26.1. The molecule has 1 fully saturated rings. The largest absolute Gasteiger partial charge is 0.481 e. The van der Waals surface area contributed by atoms with Crippen molar-refractivity contribution < 1.29 is 27.1 Å². The number of aromatic nitrogens is 2. The molecule has 1 aliphatic rings. The SMILES string of the molecule is COc1ccc(NC(=O)N(c2cccc(F)c2)C2CCN(Cc3ccc(Oc4ccc(NS(C)(=O)=O)cc4)nc3C)CC2)cn1. The van der Waals surface area contributed by atoms with Crippen LogP contribution in [0.3, 0.4) is 0 Å². The lowest BCUT2D eigenvalue weighted by molar-refractivity contribution is 0.199. The smallest absolute Gasteiger partial charge is 0.326 e. The summed E-state index contributed by atoms with van der Waals surface area (Å²) in [6.45, 7) is 4.08. The Bertz CT molecular complexity index is 1730. The van der Waals surface area contributed by atoms with Crippen LogP contribution in [0.25, 0.3) is 0 Å². The van der Waals surface area contributed by atoms with Gasteiger partial charge in [0.25, 0.3) is 0 Å². The summed E-state index contributed by atoms with van der Waals surface area (Å²) in [6.07, 6.45) is 4.01. The Morgan fingerprint density at radius 1 is 1.02 bits per heavy atom. The first-order valence-corrected chi connectivity index (χ1v) is 16.3. The molecule has 0 spiro atoms. The standard InChI is InChI=1S/C32H35FN6O5S/c1-22-23(7-13-31(35-22)44-29-11-8-25(9-12-29)37-45(3,41)42)21-38-17-15-27(16-18-38)39(28-6-4-5-24(33)19-28)32(40)36-26-10-14-30(43-2)34-20-26/h4-14,19-20,27,37H,15-18,21H2,1-3H3,(H,36,40). The van der Waals surface area contributed by atoms with Crippen LogP contribution in [0.2, 0.25) is 0 Å². The number of hydrogen-bond acceptors (Lipinski definition) is 8. The topological polar surface area (TPSA) is 126 Å². The third-order valence-corrected chi connectivity index (χ3v) is 7.97. The zero-order valence-electron chi connectivity index (χ0n) is 25.2. The van der Waals surface area contributed by atoms with Crippen LogP contribution in [-0.2, 0) is 16.6 Å². The van der Waals surface area contributed by atoms with E-state index < -0.39 is 15.8 Å². The lowest BCUT2D eigenvalue weighted by atomic mass is 10.0. The second-order valence-electron chi connectivity index (χ2n) is 10.8. The Morgan fingerprint density at radius 3 is 2.36 bits per heavy atom. The van der Waals surface area contributed by atoms with Crippen molar-refractivity contribution in [3.05, 3.63) is 96.1 Å². The van der Waals surface area contributed by atoms with Crippen LogP contribution in [0.5, 0.6) is 17.5 Å². The minimum atomic E-state index is -3.36. The van der Waals surface area contributed by atoms with E-state index in [0.717, 1.165) is 30.6 Å². The van der Waals surface area contributed by atoms with Crippen LogP contribution >= 0.6 is 0 Å². The average Bonchev–Trinajstić information content (AvgIpc) is 3.00. The molecule has 1 saturated heterocycles. The van der Waals surface area contributed by atoms with Crippen molar-refractivity contribution in [3.8, 4) is 17.5 Å². The van der Waals surface area contributed by atoms with Gasteiger partial charge in [-0.2, -0.15) is 0 Å². The lowest BCUT2D eigenvalue weighted by Crippen LogP contribution is -2.49. The third-order valence-electron chi connectivity index (χ3n) is 7.37. The number of hydrogen-bond donors (Lipinski definition) is 2. The Kier molecular flexibility index (Phi) is 9.79. The van der Waals surface area contributed by atoms with Gasteiger partial charge in [0, 0.05) is 54.9 Å². The van der Waals surface area contributed by atoms with Gasteiger partial charge in [-0.15, -0.1) is 0 Å². The summed E-state index contributed by atoms with van der Waals surface area (Å²) in [5.74, 6) is 0.991. The number of likely N-dealkylation sites (tertiary alicyclic amines) is 1. The normalized spacial score (nSPS) is 14.0. The molecule has 0 aliphatic carbocycles. The highest BCUT2D eigenvalue weighted by atomic mass is 32.2. The predicted octanol–water partition coefficient (Wildman–Crippen LogP) is 5.80. The first kappa shape index (κ1) is 31.7. The molecule has 0 atom stereocenters. The van der Waals surface area contributed by atoms with Gasteiger partial charge in [-0.3, -0.25) is 14.5 Å². The number of nitrogens with zero attached hydrogens (tertiary/aromatic N) is 4. The quantitative estimate of drug-likeness (QED) is 0.224. The number of ether oxygens (including phenoxy) is 2. The van der Waals surface area contributed by atoms with Gasteiger partial charge < -0.3 is 14.8 Å². The number of anilines is 3. The number of carbonyl (C=O) groups is 1. The molecule has 2 N–H and O–H groups in total. The number of nitrogens with one attached hydrogen (secondary N) is 2. The van der Waals surface area contributed by atoms with Gasteiger partial charge in [0.15, 0.2) is 0 Å². The van der Waals surface area contributed by atoms with Gasteiger partial charge in [-0.25, -0.2) is 27.6 Å². The fourth-order valence-electron chi connectivity index (χ4n) is 5.17. The summed E-state index contributed by atoms with van der Waals surface area (Å²) < 4.78 is 50.4. The fourth-order valence-corrected chi connectivity index (χ4v) is 5.74. The van der Waals surface area contributed by atoms with Crippen LogP contribution < -0.4 is 24.4 Å². The maximum Gasteiger partial charge on any atom is 0.326 e. The summed E-state index contributed by atoms with van der Waals surface area (Å²) in [6, 6.07) is 19.3. The second kappa shape index (κ2) is 13.9. The number of carbonyl (C=O) groups excluding carboxylic acids is 1. The molecule has 4 aromatic rings. The molecule has 13 heteroatoms. The number of sulfonamides is 1. The molecule has 2 aromatic heterocycles. The molecule has 45 heavy (non-hydrogen) atoms. The summed E-state index contributed by atoms with van der Waals surface area (Å²) in [4.78, 5) is 26.2. The molecule has 0 radical (unpaired) electrons. The third kappa shape index (κ3) is 8.67. The molecule has 5 rings (SSSR count). The van der Waals surface area contributed by atoms with E-state index in [1.807, 2.05) is 19.1 Å². The number of methoxy groups -OCH3 is 1. The number of amides is 2. The summed E-state index contributed by atoms with van der Waals surface area (Å²) >= 11 is 0. The molecule has 0 unspecified atom stereocenters. The highest BCUT2D eigenvalue weighted by Gasteiger charge is 2.30. The number of urea groups is 1.